The van der Waals surface area contributed by atoms with Gasteiger partial charge in [-0.1, -0.05) is 13.8 Å². The number of carbonyl (C=O) groups is 1. The van der Waals surface area contributed by atoms with Gasteiger partial charge >= 0.3 is 0 Å². The van der Waals surface area contributed by atoms with E-state index < -0.39 is 0 Å². The normalized spacial score (nSPS) is 20.4. The molecule has 0 atom stereocenters. The molecule has 1 rings (SSSR count). The molecule has 3 heteroatoms. The fourth-order valence-corrected chi connectivity index (χ4v) is 1.83. The summed E-state index contributed by atoms with van der Waals surface area (Å²) in [6, 6.07) is 0. The minimum Gasteiger partial charge on any atom is -0.356 e. The summed E-state index contributed by atoms with van der Waals surface area (Å²) in [7, 11) is 0. The molecule has 0 aromatic rings. The minimum absolute atomic E-state index is 0.201. The Bertz CT molecular complexity index is 186. The SMILES string of the molecule is CCCC(=O)NCC1(C)CCNCC1. The van der Waals surface area contributed by atoms with Gasteiger partial charge in [0, 0.05) is 13.0 Å². The van der Waals surface area contributed by atoms with Gasteiger partial charge in [-0.15, -0.1) is 0 Å². The maximum Gasteiger partial charge on any atom is 0.220 e. The van der Waals surface area contributed by atoms with E-state index in [0.29, 0.717) is 11.8 Å². The van der Waals surface area contributed by atoms with Crippen LogP contribution in [-0.2, 0) is 4.79 Å². The summed E-state index contributed by atoms with van der Waals surface area (Å²) in [5.41, 5.74) is 0.314. The first-order chi connectivity index (χ1) is 6.66. The second kappa shape index (κ2) is 5.35. The number of hydrogen-bond acceptors (Lipinski definition) is 2. The smallest absolute Gasteiger partial charge is 0.220 e. The van der Waals surface area contributed by atoms with Crippen LogP contribution in [0.4, 0.5) is 0 Å². The molecule has 1 fully saturated rings. The van der Waals surface area contributed by atoms with Crippen LogP contribution in [0.5, 0.6) is 0 Å². The lowest BCUT2D eigenvalue weighted by atomic mass is 9.81. The van der Waals surface area contributed by atoms with Crippen LogP contribution in [-0.4, -0.2) is 25.5 Å². The molecule has 3 nitrogen and oxygen atoms in total. The van der Waals surface area contributed by atoms with Gasteiger partial charge in [0.15, 0.2) is 0 Å². The fraction of sp³-hybridized carbons (Fsp3) is 0.909. The third kappa shape index (κ3) is 3.66. The van der Waals surface area contributed by atoms with Gasteiger partial charge in [0.25, 0.3) is 0 Å². The molecule has 0 spiro atoms. The third-order valence-corrected chi connectivity index (χ3v) is 3.00. The number of piperidine rings is 1. The van der Waals surface area contributed by atoms with E-state index in [-0.39, 0.29) is 5.91 Å². The highest BCUT2D eigenvalue weighted by Crippen LogP contribution is 2.26. The van der Waals surface area contributed by atoms with Crippen LogP contribution >= 0.6 is 0 Å². The fourth-order valence-electron chi connectivity index (χ4n) is 1.83. The van der Waals surface area contributed by atoms with Gasteiger partial charge in [-0.25, -0.2) is 0 Å². The largest absolute Gasteiger partial charge is 0.356 e. The van der Waals surface area contributed by atoms with Crippen LogP contribution in [0, 0.1) is 5.41 Å². The summed E-state index contributed by atoms with van der Waals surface area (Å²) in [6.07, 6.45) is 3.93. The molecule has 0 aliphatic carbocycles. The second-order valence-corrected chi connectivity index (χ2v) is 4.59. The Balaban J connectivity index is 2.24. The van der Waals surface area contributed by atoms with E-state index >= 15 is 0 Å². The highest BCUT2D eigenvalue weighted by Gasteiger charge is 2.26. The van der Waals surface area contributed by atoms with E-state index in [9.17, 15) is 4.79 Å². The molecule has 1 aliphatic rings. The Kier molecular flexibility index (Phi) is 4.39. The first-order valence-corrected chi connectivity index (χ1v) is 5.64. The summed E-state index contributed by atoms with van der Waals surface area (Å²) in [4.78, 5) is 11.3. The predicted octanol–water partition coefficient (Wildman–Crippen LogP) is 1.29. The highest BCUT2D eigenvalue weighted by atomic mass is 16.1. The van der Waals surface area contributed by atoms with Gasteiger partial charge in [0.05, 0.1) is 0 Å². The molecule has 1 saturated heterocycles. The van der Waals surface area contributed by atoms with Crippen molar-refractivity contribution in [1.82, 2.24) is 10.6 Å². The lowest BCUT2D eigenvalue weighted by molar-refractivity contribution is -0.121. The minimum atomic E-state index is 0.201. The quantitative estimate of drug-likeness (QED) is 0.714. The third-order valence-electron chi connectivity index (χ3n) is 3.00. The average molecular weight is 198 g/mol. The van der Waals surface area contributed by atoms with E-state index in [1.54, 1.807) is 0 Å². The van der Waals surface area contributed by atoms with Crippen molar-refractivity contribution < 1.29 is 4.79 Å². The van der Waals surface area contributed by atoms with Gasteiger partial charge < -0.3 is 10.6 Å². The van der Waals surface area contributed by atoms with E-state index in [2.05, 4.69) is 17.6 Å². The Labute approximate surface area is 86.6 Å². The lowest BCUT2D eigenvalue weighted by Crippen LogP contribution is -2.42. The lowest BCUT2D eigenvalue weighted by Gasteiger charge is -2.34. The molecule has 0 unspecified atom stereocenters. The Morgan fingerprint density at radius 2 is 2.07 bits per heavy atom. The number of amides is 1. The topological polar surface area (TPSA) is 41.1 Å². The molecule has 1 amide bonds. The van der Waals surface area contributed by atoms with Crippen LogP contribution in [0.2, 0.25) is 0 Å². The molecule has 0 radical (unpaired) electrons. The van der Waals surface area contributed by atoms with Crippen molar-refractivity contribution in [3.05, 3.63) is 0 Å². The summed E-state index contributed by atoms with van der Waals surface area (Å²) in [5, 5.41) is 6.37. The molecule has 2 N–H and O–H groups in total. The zero-order chi connectivity index (χ0) is 10.4. The molecule has 0 aromatic carbocycles. The van der Waals surface area contributed by atoms with Crippen LogP contribution in [0.3, 0.4) is 0 Å². The van der Waals surface area contributed by atoms with Crippen LogP contribution in [0.1, 0.15) is 39.5 Å². The highest BCUT2D eigenvalue weighted by molar-refractivity contribution is 5.75. The number of nitrogens with one attached hydrogen (secondary N) is 2. The molecule has 82 valence electrons. The van der Waals surface area contributed by atoms with Crippen molar-refractivity contribution in [2.45, 2.75) is 39.5 Å². The Morgan fingerprint density at radius 1 is 1.43 bits per heavy atom. The first kappa shape index (κ1) is 11.5. The number of hydrogen-bond donors (Lipinski definition) is 2. The molecular formula is C11H22N2O. The zero-order valence-electron chi connectivity index (χ0n) is 9.36. The summed E-state index contributed by atoms with van der Waals surface area (Å²) < 4.78 is 0. The molecule has 0 bridgehead atoms. The van der Waals surface area contributed by atoms with E-state index in [0.717, 1.165) is 26.1 Å². The second-order valence-electron chi connectivity index (χ2n) is 4.59. The Morgan fingerprint density at radius 3 is 2.64 bits per heavy atom. The van der Waals surface area contributed by atoms with Crippen molar-refractivity contribution in [1.29, 1.82) is 0 Å². The number of carbonyl (C=O) groups excluding carboxylic acids is 1. The molecule has 1 aliphatic heterocycles. The van der Waals surface area contributed by atoms with E-state index in [1.807, 2.05) is 6.92 Å². The van der Waals surface area contributed by atoms with Gasteiger partial charge in [0.2, 0.25) is 5.91 Å². The first-order valence-electron chi connectivity index (χ1n) is 5.64. The van der Waals surface area contributed by atoms with Gasteiger partial charge in [0.1, 0.15) is 0 Å². The summed E-state index contributed by atoms with van der Waals surface area (Å²) in [5.74, 6) is 0.201. The average Bonchev–Trinajstić information content (AvgIpc) is 2.17. The van der Waals surface area contributed by atoms with Crippen LogP contribution in [0.15, 0.2) is 0 Å². The predicted molar refractivity (Wildman–Crippen MR) is 58.1 cm³/mol. The van der Waals surface area contributed by atoms with Crippen molar-refractivity contribution in [3.63, 3.8) is 0 Å². The Hall–Kier alpha value is -0.570. The van der Waals surface area contributed by atoms with E-state index in [1.165, 1.54) is 12.8 Å². The molecule has 14 heavy (non-hydrogen) atoms. The van der Waals surface area contributed by atoms with Crippen LogP contribution in [0.25, 0.3) is 0 Å². The monoisotopic (exact) mass is 198 g/mol. The van der Waals surface area contributed by atoms with Crippen molar-refractivity contribution in [2.24, 2.45) is 5.41 Å². The van der Waals surface area contributed by atoms with Gasteiger partial charge in [-0.3, -0.25) is 4.79 Å². The van der Waals surface area contributed by atoms with Crippen molar-refractivity contribution >= 4 is 5.91 Å². The van der Waals surface area contributed by atoms with Gasteiger partial charge in [-0.2, -0.15) is 0 Å². The molecule has 0 saturated carbocycles. The maximum absolute atomic E-state index is 11.3. The van der Waals surface area contributed by atoms with Crippen molar-refractivity contribution in [2.75, 3.05) is 19.6 Å². The molecule has 1 heterocycles. The number of rotatable bonds is 4. The summed E-state index contributed by atoms with van der Waals surface area (Å²) in [6.45, 7) is 7.31. The standard InChI is InChI=1S/C11H22N2O/c1-3-4-10(14)13-9-11(2)5-7-12-8-6-11/h12H,3-9H2,1-2H3,(H,13,14). The maximum atomic E-state index is 11.3. The van der Waals surface area contributed by atoms with Gasteiger partial charge in [-0.05, 0) is 37.8 Å². The molecule has 0 aromatic heterocycles. The summed E-state index contributed by atoms with van der Waals surface area (Å²) >= 11 is 0. The van der Waals surface area contributed by atoms with E-state index in [4.69, 9.17) is 0 Å². The zero-order valence-corrected chi connectivity index (χ0v) is 9.36. The van der Waals surface area contributed by atoms with Crippen LogP contribution < -0.4 is 10.6 Å². The van der Waals surface area contributed by atoms with Crippen molar-refractivity contribution in [3.8, 4) is 0 Å². The molecular weight excluding hydrogens is 176 g/mol.